The third-order valence-electron chi connectivity index (χ3n) is 3.18. The molecule has 1 rings (SSSR count). The SMILES string of the molecule is CCNC(=NCC(=O)OC(C)(C)C)NCCCN1CCOCC1.I. The van der Waals surface area contributed by atoms with Gasteiger partial charge in [-0.1, -0.05) is 0 Å². The number of hydrogen-bond donors (Lipinski definition) is 2. The van der Waals surface area contributed by atoms with E-state index >= 15 is 0 Å². The van der Waals surface area contributed by atoms with E-state index in [9.17, 15) is 4.79 Å². The van der Waals surface area contributed by atoms with Crippen LogP contribution in [0, 0.1) is 0 Å². The van der Waals surface area contributed by atoms with Gasteiger partial charge in [-0.2, -0.15) is 0 Å². The van der Waals surface area contributed by atoms with Crippen LogP contribution in [0.15, 0.2) is 4.99 Å². The molecule has 0 aliphatic carbocycles. The highest BCUT2D eigenvalue weighted by Crippen LogP contribution is 2.06. The summed E-state index contributed by atoms with van der Waals surface area (Å²) in [5.41, 5.74) is -0.476. The lowest BCUT2D eigenvalue weighted by Gasteiger charge is -2.26. The van der Waals surface area contributed by atoms with Crippen molar-refractivity contribution in [2.24, 2.45) is 4.99 Å². The number of hydrogen-bond acceptors (Lipinski definition) is 5. The van der Waals surface area contributed by atoms with Gasteiger partial charge in [-0.05, 0) is 40.7 Å². The third kappa shape index (κ3) is 11.9. The summed E-state index contributed by atoms with van der Waals surface area (Å²) in [5.74, 6) is 0.336. The van der Waals surface area contributed by atoms with E-state index < -0.39 is 5.60 Å². The van der Waals surface area contributed by atoms with Crippen LogP contribution in [0.3, 0.4) is 0 Å². The molecule has 0 radical (unpaired) electrons. The molecule has 1 saturated heterocycles. The zero-order chi connectivity index (χ0) is 17.1. The summed E-state index contributed by atoms with van der Waals surface area (Å²) in [6, 6.07) is 0. The Morgan fingerprint density at radius 2 is 1.92 bits per heavy atom. The number of ether oxygens (including phenoxy) is 2. The monoisotopic (exact) mass is 456 g/mol. The molecule has 0 bridgehead atoms. The van der Waals surface area contributed by atoms with Gasteiger partial charge in [0.15, 0.2) is 5.96 Å². The molecule has 0 aromatic heterocycles. The highest BCUT2D eigenvalue weighted by Gasteiger charge is 2.15. The minimum Gasteiger partial charge on any atom is -0.459 e. The Balaban J connectivity index is 0.00000529. The van der Waals surface area contributed by atoms with Gasteiger partial charge in [0.25, 0.3) is 0 Å². The summed E-state index contributed by atoms with van der Waals surface area (Å²) in [6.07, 6.45) is 1.02. The molecule has 0 aromatic carbocycles. The van der Waals surface area contributed by atoms with E-state index in [0.29, 0.717) is 5.96 Å². The molecule has 1 aliphatic rings. The fourth-order valence-corrected chi connectivity index (χ4v) is 2.19. The number of carbonyl (C=O) groups excluding carboxylic acids is 1. The first-order valence-electron chi connectivity index (χ1n) is 8.45. The third-order valence-corrected chi connectivity index (χ3v) is 3.18. The first-order valence-corrected chi connectivity index (χ1v) is 8.45. The maximum atomic E-state index is 11.7. The van der Waals surface area contributed by atoms with Crippen molar-refractivity contribution in [2.45, 2.75) is 39.7 Å². The first kappa shape index (κ1) is 23.4. The largest absolute Gasteiger partial charge is 0.459 e. The van der Waals surface area contributed by atoms with E-state index in [4.69, 9.17) is 9.47 Å². The minimum atomic E-state index is -0.476. The van der Waals surface area contributed by atoms with Crippen LogP contribution < -0.4 is 10.6 Å². The predicted octanol–water partition coefficient (Wildman–Crippen LogP) is 1.22. The average molecular weight is 456 g/mol. The molecule has 0 aromatic rings. The van der Waals surface area contributed by atoms with E-state index in [1.165, 1.54) is 0 Å². The van der Waals surface area contributed by atoms with Crippen LogP contribution in [0.5, 0.6) is 0 Å². The van der Waals surface area contributed by atoms with Gasteiger partial charge < -0.3 is 20.1 Å². The zero-order valence-corrected chi connectivity index (χ0v) is 17.7. The highest BCUT2D eigenvalue weighted by atomic mass is 127. The molecule has 1 heterocycles. The Morgan fingerprint density at radius 1 is 1.25 bits per heavy atom. The van der Waals surface area contributed by atoms with Crippen LogP contribution in [-0.4, -0.2) is 74.9 Å². The van der Waals surface area contributed by atoms with Gasteiger partial charge in [0, 0.05) is 26.2 Å². The molecular weight excluding hydrogens is 423 g/mol. The van der Waals surface area contributed by atoms with Crippen LogP contribution in [0.4, 0.5) is 0 Å². The van der Waals surface area contributed by atoms with Crippen LogP contribution in [0.25, 0.3) is 0 Å². The van der Waals surface area contributed by atoms with Crippen molar-refractivity contribution < 1.29 is 14.3 Å². The number of carbonyl (C=O) groups is 1. The molecule has 0 amide bonds. The van der Waals surface area contributed by atoms with E-state index in [-0.39, 0.29) is 36.5 Å². The van der Waals surface area contributed by atoms with Crippen LogP contribution in [0.2, 0.25) is 0 Å². The van der Waals surface area contributed by atoms with Gasteiger partial charge in [-0.3, -0.25) is 9.69 Å². The van der Waals surface area contributed by atoms with Crippen LogP contribution in [0.1, 0.15) is 34.1 Å². The Labute approximate surface area is 162 Å². The number of aliphatic imine (C=N–C) groups is 1. The molecule has 1 aliphatic heterocycles. The van der Waals surface area contributed by atoms with Crippen molar-refractivity contribution in [3.63, 3.8) is 0 Å². The highest BCUT2D eigenvalue weighted by molar-refractivity contribution is 14.0. The van der Waals surface area contributed by atoms with Gasteiger partial charge in [-0.15, -0.1) is 24.0 Å². The second-order valence-electron chi connectivity index (χ2n) is 6.52. The standard InChI is InChI=1S/C16H32N4O3.HI/c1-5-17-15(19-13-14(21)23-16(2,3)4)18-7-6-8-20-9-11-22-12-10-20;/h5-13H2,1-4H3,(H2,17,18,19);1H. The van der Waals surface area contributed by atoms with E-state index in [0.717, 1.165) is 52.4 Å². The van der Waals surface area contributed by atoms with Crippen molar-refractivity contribution >= 4 is 35.9 Å². The van der Waals surface area contributed by atoms with Crippen LogP contribution in [-0.2, 0) is 14.3 Å². The fraction of sp³-hybridized carbons (Fsp3) is 0.875. The van der Waals surface area contributed by atoms with Crippen molar-refractivity contribution in [3.8, 4) is 0 Å². The molecule has 142 valence electrons. The summed E-state index contributed by atoms with van der Waals surface area (Å²) in [5, 5.41) is 6.39. The molecule has 0 spiro atoms. The quantitative estimate of drug-likeness (QED) is 0.197. The average Bonchev–Trinajstić information content (AvgIpc) is 2.48. The predicted molar refractivity (Wildman–Crippen MR) is 107 cm³/mol. The summed E-state index contributed by atoms with van der Waals surface area (Å²) in [4.78, 5) is 18.4. The summed E-state index contributed by atoms with van der Waals surface area (Å²) in [7, 11) is 0. The molecule has 8 heteroatoms. The number of guanidine groups is 1. The Bertz CT molecular complexity index is 380. The Morgan fingerprint density at radius 3 is 2.50 bits per heavy atom. The van der Waals surface area contributed by atoms with Gasteiger partial charge in [0.2, 0.25) is 0 Å². The van der Waals surface area contributed by atoms with Gasteiger partial charge in [0.05, 0.1) is 13.2 Å². The minimum absolute atomic E-state index is 0. The lowest BCUT2D eigenvalue weighted by molar-refractivity contribution is -0.152. The number of nitrogens with one attached hydrogen (secondary N) is 2. The second-order valence-corrected chi connectivity index (χ2v) is 6.52. The van der Waals surface area contributed by atoms with Gasteiger partial charge in [-0.25, -0.2) is 4.99 Å². The Kier molecular flexibility index (Phi) is 12.4. The number of nitrogens with zero attached hydrogens (tertiary/aromatic N) is 2. The first-order chi connectivity index (χ1) is 10.9. The fourth-order valence-electron chi connectivity index (χ4n) is 2.19. The molecule has 24 heavy (non-hydrogen) atoms. The van der Waals surface area contributed by atoms with Crippen LogP contribution >= 0.6 is 24.0 Å². The molecule has 0 unspecified atom stereocenters. The van der Waals surface area contributed by atoms with Crippen molar-refractivity contribution in [2.75, 3.05) is 52.5 Å². The van der Waals surface area contributed by atoms with E-state index in [1.807, 2.05) is 27.7 Å². The maximum absolute atomic E-state index is 11.7. The van der Waals surface area contributed by atoms with Crippen molar-refractivity contribution in [1.29, 1.82) is 0 Å². The van der Waals surface area contributed by atoms with Crippen molar-refractivity contribution in [3.05, 3.63) is 0 Å². The molecular formula is C16H33IN4O3. The molecule has 0 atom stereocenters. The topological polar surface area (TPSA) is 75.2 Å². The summed E-state index contributed by atoms with van der Waals surface area (Å²) in [6.45, 7) is 13.9. The smallest absolute Gasteiger partial charge is 0.328 e. The Hall–Kier alpha value is -0.610. The lowest BCUT2D eigenvalue weighted by Crippen LogP contribution is -2.41. The number of rotatable bonds is 7. The van der Waals surface area contributed by atoms with E-state index in [2.05, 4.69) is 20.5 Å². The molecule has 1 fully saturated rings. The summed E-state index contributed by atoms with van der Waals surface area (Å²) < 4.78 is 10.6. The number of esters is 1. The van der Waals surface area contributed by atoms with Gasteiger partial charge >= 0.3 is 5.97 Å². The summed E-state index contributed by atoms with van der Waals surface area (Å²) >= 11 is 0. The van der Waals surface area contributed by atoms with Crippen molar-refractivity contribution in [1.82, 2.24) is 15.5 Å². The molecule has 2 N–H and O–H groups in total. The zero-order valence-electron chi connectivity index (χ0n) is 15.4. The normalized spacial score (nSPS) is 16.2. The van der Waals surface area contributed by atoms with E-state index in [1.54, 1.807) is 0 Å². The number of morpholine rings is 1. The maximum Gasteiger partial charge on any atom is 0.328 e. The second kappa shape index (κ2) is 12.7. The molecule has 7 nitrogen and oxygen atoms in total. The lowest BCUT2D eigenvalue weighted by atomic mass is 10.2. The van der Waals surface area contributed by atoms with Gasteiger partial charge in [0.1, 0.15) is 12.1 Å². The number of halogens is 1. The molecule has 0 saturated carbocycles.